The van der Waals surface area contributed by atoms with Crippen molar-refractivity contribution in [1.29, 1.82) is 0 Å². The predicted octanol–water partition coefficient (Wildman–Crippen LogP) is 2.77. The molecule has 0 radical (unpaired) electrons. The maximum atomic E-state index is 12.0. The van der Waals surface area contributed by atoms with E-state index in [1.165, 1.54) is 6.92 Å². The van der Waals surface area contributed by atoms with Crippen LogP contribution in [0.15, 0.2) is 42.5 Å². The van der Waals surface area contributed by atoms with E-state index in [1.54, 1.807) is 44.6 Å². The molecule has 0 unspecified atom stereocenters. The molecule has 0 saturated heterocycles. The molecular weight excluding hydrogens is 348 g/mol. The van der Waals surface area contributed by atoms with Gasteiger partial charge in [-0.15, -0.1) is 0 Å². The Morgan fingerprint density at radius 2 is 1.41 bits per heavy atom. The summed E-state index contributed by atoms with van der Waals surface area (Å²) >= 11 is 0. The SMILES string of the molecule is COc1cc(/C=C/c2ccc(OC(=O)C(C)(CO)CO)cc2)cc(OC)c1. The highest BCUT2D eigenvalue weighted by Gasteiger charge is 2.34. The molecule has 27 heavy (non-hydrogen) atoms. The molecule has 0 spiro atoms. The maximum absolute atomic E-state index is 12.0. The van der Waals surface area contributed by atoms with Gasteiger partial charge in [-0.25, -0.2) is 0 Å². The monoisotopic (exact) mass is 372 g/mol. The minimum absolute atomic E-state index is 0.341. The zero-order valence-corrected chi connectivity index (χ0v) is 15.6. The number of carbonyl (C=O) groups excluding carboxylic acids is 1. The van der Waals surface area contributed by atoms with Crippen LogP contribution in [0.4, 0.5) is 0 Å². The van der Waals surface area contributed by atoms with Crippen molar-refractivity contribution in [2.45, 2.75) is 6.92 Å². The number of ether oxygens (including phenoxy) is 3. The number of methoxy groups -OCH3 is 2. The number of esters is 1. The van der Waals surface area contributed by atoms with Crippen molar-refractivity contribution >= 4 is 18.1 Å². The zero-order chi connectivity index (χ0) is 19.9. The van der Waals surface area contributed by atoms with Crippen LogP contribution in [0.25, 0.3) is 12.2 Å². The fourth-order valence-electron chi connectivity index (χ4n) is 2.17. The second kappa shape index (κ2) is 9.21. The number of aliphatic hydroxyl groups is 2. The molecule has 0 aromatic heterocycles. The van der Waals surface area contributed by atoms with Crippen molar-refractivity contribution in [2.24, 2.45) is 5.41 Å². The fraction of sp³-hybridized carbons (Fsp3) is 0.286. The smallest absolute Gasteiger partial charge is 0.321 e. The lowest BCUT2D eigenvalue weighted by Gasteiger charge is -2.21. The van der Waals surface area contributed by atoms with E-state index in [4.69, 9.17) is 14.2 Å². The zero-order valence-electron chi connectivity index (χ0n) is 15.6. The molecule has 2 rings (SSSR count). The van der Waals surface area contributed by atoms with Gasteiger partial charge in [0.2, 0.25) is 0 Å². The highest BCUT2D eigenvalue weighted by molar-refractivity contribution is 5.79. The third-order valence-electron chi connectivity index (χ3n) is 4.12. The van der Waals surface area contributed by atoms with Gasteiger partial charge in [0.05, 0.1) is 27.4 Å². The summed E-state index contributed by atoms with van der Waals surface area (Å²) in [5.41, 5.74) is 0.497. The Labute approximate surface area is 158 Å². The minimum atomic E-state index is -1.33. The van der Waals surface area contributed by atoms with Gasteiger partial charge in [0, 0.05) is 6.07 Å². The second-order valence-corrected chi connectivity index (χ2v) is 6.31. The van der Waals surface area contributed by atoms with Crippen LogP contribution in [0.1, 0.15) is 18.1 Å². The third-order valence-corrected chi connectivity index (χ3v) is 4.12. The Balaban J connectivity index is 2.10. The Morgan fingerprint density at radius 1 is 0.889 bits per heavy atom. The van der Waals surface area contributed by atoms with Crippen molar-refractivity contribution in [1.82, 2.24) is 0 Å². The lowest BCUT2D eigenvalue weighted by molar-refractivity contribution is -0.149. The van der Waals surface area contributed by atoms with Gasteiger partial charge in [-0.05, 0) is 42.3 Å². The number of benzene rings is 2. The number of hydrogen-bond acceptors (Lipinski definition) is 6. The van der Waals surface area contributed by atoms with E-state index in [0.29, 0.717) is 17.2 Å². The van der Waals surface area contributed by atoms with Gasteiger partial charge in [0.25, 0.3) is 0 Å². The number of rotatable bonds is 8. The fourth-order valence-corrected chi connectivity index (χ4v) is 2.17. The summed E-state index contributed by atoms with van der Waals surface area (Å²) in [6.45, 7) is 0.454. The minimum Gasteiger partial charge on any atom is -0.497 e. The maximum Gasteiger partial charge on any atom is 0.321 e. The molecule has 0 aliphatic heterocycles. The van der Waals surface area contributed by atoms with Gasteiger partial charge in [-0.2, -0.15) is 0 Å². The summed E-state index contributed by atoms with van der Waals surface area (Å²) in [7, 11) is 3.20. The van der Waals surface area contributed by atoms with Crippen LogP contribution in [0.2, 0.25) is 0 Å². The average molecular weight is 372 g/mol. The van der Waals surface area contributed by atoms with E-state index in [2.05, 4.69) is 0 Å². The van der Waals surface area contributed by atoms with Crippen LogP contribution in [-0.2, 0) is 4.79 Å². The number of hydrogen-bond donors (Lipinski definition) is 2. The Bertz CT molecular complexity index is 769. The summed E-state index contributed by atoms with van der Waals surface area (Å²) in [4.78, 5) is 12.0. The van der Waals surface area contributed by atoms with Crippen molar-refractivity contribution in [3.05, 3.63) is 53.6 Å². The molecular formula is C21H24O6. The first-order chi connectivity index (χ1) is 12.9. The highest BCUT2D eigenvalue weighted by atomic mass is 16.5. The molecule has 2 aromatic rings. The van der Waals surface area contributed by atoms with E-state index >= 15 is 0 Å². The van der Waals surface area contributed by atoms with Crippen molar-refractivity contribution in [3.63, 3.8) is 0 Å². The summed E-state index contributed by atoms with van der Waals surface area (Å²) < 4.78 is 15.7. The van der Waals surface area contributed by atoms with Crippen LogP contribution >= 0.6 is 0 Å². The van der Waals surface area contributed by atoms with Gasteiger partial charge in [-0.3, -0.25) is 4.79 Å². The Kier molecular flexibility index (Phi) is 6.98. The van der Waals surface area contributed by atoms with E-state index in [1.807, 2.05) is 24.3 Å². The van der Waals surface area contributed by atoms with Gasteiger partial charge < -0.3 is 24.4 Å². The van der Waals surface area contributed by atoms with Crippen LogP contribution < -0.4 is 14.2 Å². The first-order valence-electron chi connectivity index (χ1n) is 8.39. The molecule has 2 N–H and O–H groups in total. The van der Waals surface area contributed by atoms with Crippen LogP contribution in [-0.4, -0.2) is 43.6 Å². The lowest BCUT2D eigenvalue weighted by atomic mass is 9.93. The van der Waals surface area contributed by atoms with Crippen molar-refractivity contribution < 1.29 is 29.2 Å². The van der Waals surface area contributed by atoms with Gasteiger partial charge >= 0.3 is 5.97 Å². The summed E-state index contributed by atoms with van der Waals surface area (Å²) in [6.07, 6.45) is 3.83. The molecule has 0 atom stereocenters. The van der Waals surface area contributed by atoms with Crippen molar-refractivity contribution in [3.8, 4) is 17.2 Å². The van der Waals surface area contributed by atoms with E-state index in [9.17, 15) is 15.0 Å². The molecule has 0 aliphatic carbocycles. The predicted molar refractivity (Wildman–Crippen MR) is 103 cm³/mol. The Hall–Kier alpha value is -2.83. The van der Waals surface area contributed by atoms with Crippen LogP contribution in [0.3, 0.4) is 0 Å². The van der Waals surface area contributed by atoms with Gasteiger partial charge in [-0.1, -0.05) is 24.3 Å². The first kappa shape index (κ1) is 20.5. The molecule has 2 aromatic carbocycles. The molecule has 0 fully saturated rings. The summed E-state index contributed by atoms with van der Waals surface area (Å²) in [5.74, 6) is 1.06. The summed E-state index contributed by atoms with van der Waals surface area (Å²) in [5, 5.41) is 18.5. The molecule has 0 aliphatic rings. The van der Waals surface area contributed by atoms with Crippen molar-refractivity contribution in [2.75, 3.05) is 27.4 Å². The largest absolute Gasteiger partial charge is 0.497 e. The highest BCUT2D eigenvalue weighted by Crippen LogP contribution is 2.24. The van der Waals surface area contributed by atoms with Gasteiger partial charge in [0.15, 0.2) is 0 Å². The quantitative estimate of drug-likeness (QED) is 0.421. The molecule has 0 heterocycles. The van der Waals surface area contributed by atoms with E-state index in [-0.39, 0.29) is 0 Å². The topological polar surface area (TPSA) is 85.2 Å². The lowest BCUT2D eigenvalue weighted by Crippen LogP contribution is -2.38. The standard InChI is InChI=1S/C21H24O6/c1-21(13-22,14-23)20(24)27-17-8-6-15(7-9-17)4-5-16-10-18(25-2)12-19(11-16)26-3/h4-12,22-23H,13-14H2,1-3H3/b5-4+. The molecule has 0 saturated carbocycles. The normalized spacial score (nSPS) is 11.4. The average Bonchev–Trinajstić information content (AvgIpc) is 2.72. The molecule has 6 nitrogen and oxygen atoms in total. The number of aliphatic hydroxyl groups excluding tert-OH is 2. The molecule has 0 bridgehead atoms. The third kappa shape index (κ3) is 5.32. The second-order valence-electron chi connectivity index (χ2n) is 6.31. The number of carbonyl (C=O) groups is 1. The molecule has 144 valence electrons. The Morgan fingerprint density at radius 3 is 1.89 bits per heavy atom. The molecule has 6 heteroatoms. The van der Waals surface area contributed by atoms with Crippen LogP contribution in [0, 0.1) is 5.41 Å². The van der Waals surface area contributed by atoms with Crippen LogP contribution in [0.5, 0.6) is 17.2 Å². The first-order valence-corrected chi connectivity index (χ1v) is 8.39. The van der Waals surface area contributed by atoms with E-state index < -0.39 is 24.6 Å². The molecule has 0 amide bonds. The van der Waals surface area contributed by atoms with E-state index in [0.717, 1.165) is 11.1 Å². The summed E-state index contributed by atoms with van der Waals surface area (Å²) in [6, 6.07) is 12.5. The van der Waals surface area contributed by atoms with Gasteiger partial charge in [0.1, 0.15) is 22.7 Å².